The lowest BCUT2D eigenvalue weighted by molar-refractivity contribution is -0.122. The van der Waals surface area contributed by atoms with Gasteiger partial charge in [0.2, 0.25) is 0 Å². The van der Waals surface area contributed by atoms with E-state index in [0.29, 0.717) is 0 Å². The zero-order chi connectivity index (χ0) is 16.3. The topological polar surface area (TPSA) is 38.3 Å². The molecule has 0 radical (unpaired) electrons. The number of carbonyl (C=O) groups excluding carboxylic acids is 1. The number of rotatable bonds is 4. The predicted molar refractivity (Wildman–Crippen MR) is 90.6 cm³/mol. The molecule has 0 aromatic heterocycles. The second-order valence-corrected chi connectivity index (χ2v) is 5.79. The molecule has 1 N–H and O–H groups in total. The molecule has 0 aliphatic rings. The molecule has 1 amide bonds. The molecule has 0 heterocycles. The third kappa shape index (κ3) is 3.67. The van der Waals surface area contributed by atoms with Crippen molar-refractivity contribution in [3.05, 3.63) is 58.7 Å². The Balaban J connectivity index is 2.09. The number of nitrogens with one attached hydrogen (secondary N) is 1. The van der Waals surface area contributed by atoms with E-state index in [2.05, 4.69) is 5.32 Å². The number of amides is 1. The normalized spacial score (nSPS) is 11.9. The average Bonchev–Trinajstić information content (AvgIpc) is 2.45. The monoisotopic (exact) mass is 297 g/mol. The van der Waals surface area contributed by atoms with E-state index < -0.39 is 6.10 Å². The van der Waals surface area contributed by atoms with Crippen LogP contribution in [0.1, 0.15) is 29.2 Å². The van der Waals surface area contributed by atoms with Crippen LogP contribution >= 0.6 is 0 Å². The van der Waals surface area contributed by atoms with Gasteiger partial charge in [-0.3, -0.25) is 4.79 Å². The number of aryl methyl sites for hydroxylation is 4. The number of benzene rings is 2. The summed E-state index contributed by atoms with van der Waals surface area (Å²) in [5.74, 6) is 0.604. The van der Waals surface area contributed by atoms with Crippen molar-refractivity contribution in [2.24, 2.45) is 0 Å². The Hall–Kier alpha value is -2.29. The van der Waals surface area contributed by atoms with Gasteiger partial charge in [-0.05, 0) is 57.4 Å². The highest BCUT2D eigenvalue weighted by Crippen LogP contribution is 2.22. The standard InChI is InChI=1S/C19H23NO2/c1-12-9-10-17(15(4)11-12)22-16(5)19(21)20-18-13(2)7-6-8-14(18)3/h6-11,16H,1-5H3,(H,20,21)/t16-/m0/s1. The molecule has 1 atom stereocenters. The molecule has 0 aliphatic heterocycles. The summed E-state index contributed by atoms with van der Waals surface area (Å²) in [7, 11) is 0. The summed E-state index contributed by atoms with van der Waals surface area (Å²) < 4.78 is 5.80. The maximum atomic E-state index is 12.4. The maximum absolute atomic E-state index is 12.4. The second-order valence-electron chi connectivity index (χ2n) is 5.79. The van der Waals surface area contributed by atoms with Crippen LogP contribution in [0.3, 0.4) is 0 Å². The maximum Gasteiger partial charge on any atom is 0.265 e. The lowest BCUT2D eigenvalue weighted by Gasteiger charge is -2.18. The summed E-state index contributed by atoms with van der Waals surface area (Å²) in [5.41, 5.74) is 5.17. The van der Waals surface area contributed by atoms with Crippen LogP contribution < -0.4 is 10.1 Å². The minimum absolute atomic E-state index is 0.141. The zero-order valence-corrected chi connectivity index (χ0v) is 13.9. The number of para-hydroxylation sites is 1. The van der Waals surface area contributed by atoms with Crippen molar-refractivity contribution in [2.75, 3.05) is 5.32 Å². The van der Waals surface area contributed by atoms with Gasteiger partial charge < -0.3 is 10.1 Å². The molecule has 0 aliphatic carbocycles. The van der Waals surface area contributed by atoms with Crippen LogP contribution in [0.5, 0.6) is 5.75 Å². The smallest absolute Gasteiger partial charge is 0.265 e. The quantitative estimate of drug-likeness (QED) is 0.912. The van der Waals surface area contributed by atoms with Crippen molar-refractivity contribution in [3.63, 3.8) is 0 Å². The Morgan fingerprint density at radius 1 is 1.00 bits per heavy atom. The SMILES string of the molecule is Cc1ccc(O[C@@H](C)C(=O)Nc2c(C)cccc2C)c(C)c1. The molecule has 2 aromatic carbocycles. The molecule has 0 saturated carbocycles. The summed E-state index contributed by atoms with van der Waals surface area (Å²) in [6, 6.07) is 11.9. The summed E-state index contributed by atoms with van der Waals surface area (Å²) >= 11 is 0. The van der Waals surface area contributed by atoms with Gasteiger partial charge in [0.25, 0.3) is 5.91 Å². The third-order valence-corrected chi connectivity index (χ3v) is 3.73. The van der Waals surface area contributed by atoms with Crippen molar-refractivity contribution < 1.29 is 9.53 Å². The van der Waals surface area contributed by atoms with E-state index in [1.54, 1.807) is 6.92 Å². The Morgan fingerprint density at radius 2 is 1.64 bits per heavy atom. The van der Waals surface area contributed by atoms with Crippen molar-refractivity contribution >= 4 is 11.6 Å². The van der Waals surface area contributed by atoms with Crippen LogP contribution in [0.15, 0.2) is 36.4 Å². The largest absolute Gasteiger partial charge is 0.481 e. The van der Waals surface area contributed by atoms with Gasteiger partial charge in [0.05, 0.1) is 0 Å². The van der Waals surface area contributed by atoms with E-state index in [4.69, 9.17) is 4.74 Å². The van der Waals surface area contributed by atoms with Crippen LogP contribution in [-0.4, -0.2) is 12.0 Å². The van der Waals surface area contributed by atoms with E-state index >= 15 is 0 Å². The van der Waals surface area contributed by atoms with Gasteiger partial charge in [0.1, 0.15) is 5.75 Å². The Morgan fingerprint density at radius 3 is 2.23 bits per heavy atom. The van der Waals surface area contributed by atoms with Crippen molar-refractivity contribution in [1.29, 1.82) is 0 Å². The molecule has 2 rings (SSSR count). The molecule has 0 fully saturated rings. The van der Waals surface area contributed by atoms with Crippen molar-refractivity contribution in [1.82, 2.24) is 0 Å². The van der Waals surface area contributed by atoms with Gasteiger partial charge >= 0.3 is 0 Å². The number of carbonyl (C=O) groups is 1. The Labute approximate surface area is 132 Å². The number of anilines is 1. The van der Waals surface area contributed by atoms with Crippen molar-refractivity contribution in [3.8, 4) is 5.75 Å². The van der Waals surface area contributed by atoms with Crippen molar-refractivity contribution in [2.45, 2.75) is 40.7 Å². The predicted octanol–water partition coefficient (Wildman–Crippen LogP) is 4.33. The molecule has 116 valence electrons. The highest BCUT2D eigenvalue weighted by atomic mass is 16.5. The van der Waals surface area contributed by atoms with Crippen LogP contribution in [0, 0.1) is 27.7 Å². The number of hydrogen-bond acceptors (Lipinski definition) is 2. The average molecular weight is 297 g/mol. The molecular formula is C19H23NO2. The van der Waals surface area contributed by atoms with E-state index in [1.165, 1.54) is 5.56 Å². The van der Waals surface area contributed by atoms with Gasteiger partial charge in [-0.1, -0.05) is 35.9 Å². The lowest BCUT2D eigenvalue weighted by atomic mass is 10.1. The van der Waals surface area contributed by atoms with Gasteiger partial charge in [-0.25, -0.2) is 0 Å². The van der Waals surface area contributed by atoms with Crippen LogP contribution in [0.25, 0.3) is 0 Å². The Kier molecular flexibility index (Phi) is 4.86. The molecular weight excluding hydrogens is 274 g/mol. The lowest BCUT2D eigenvalue weighted by Crippen LogP contribution is -2.30. The van der Waals surface area contributed by atoms with E-state index in [9.17, 15) is 4.79 Å². The third-order valence-electron chi connectivity index (χ3n) is 3.73. The van der Waals surface area contributed by atoms with Crippen LogP contribution in [0.4, 0.5) is 5.69 Å². The molecule has 0 bridgehead atoms. The fraction of sp³-hybridized carbons (Fsp3) is 0.316. The van der Waals surface area contributed by atoms with Gasteiger partial charge in [-0.15, -0.1) is 0 Å². The summed E-state index contributed by atoms with van der Waals surface area (Å²) in [6.07, 6.45) is -0.555. The first-order valence-corrected chi connectivity index (χ1v) is 7.49. The minimum Gasteiger partial charge on any atom is -0.481 e. The van der Waals surface area contributed by atoms with Gasteiger partial charge in [-0.2, -0.15) is 0 Å². The first-order chi connectivity index (χ1) is 10.4. The minimum atomic E-state index is -0.555. The molecule has 0 spiro atoms. The van der Waals surface area contributed by atoms with E-state index in [1.807, 2.05) is 64.1 Å². The summed E-state index contributed by atoms with van der Waals surface area (Å²) in [6.45, 7) is 9.76. The fourth-order valence-electron chi connectivity index (χ4n) is 2.41. The van der Waals surface area contributed by atoms with Crippen LogP contribution in [0.2, 0.25) is 0 Å². The zero-order valence-electron chi connectivity index (χ0n) is 13.9. The Bertz CT molecular complexity index is 672. The number of hydrogen-bond donors (Lipinski definition) is 1. The highest BCUT2D eigenvalue weighted by Gasteiger charge is 2.17. The second kappa shape index (κ2) is 6.65. The van der Waals surface area contributed by atoms with Crippen LogP contribution in [-0.2, 0) is 4.79 Å². The molecule has 22 heavy (non-hydrogen) atoms. The first kappa shape index (κ1) is 16.1. The van der Waals surface area contributed by atoms with Gasteiger partial charge in [0.15, 0.2) is 6.10 Å². The fourth-order valence-corrected chi connectivity index (χ4v) is 2.41. The number of ether oxygens (including phenoxy) is 1. The van der Waals surface area contributed by atoms with E-state index in [0.717, 1.165) is 28.1 Å². The van der Waals surface area contributed by atoms with E-state index in [-0.39, 0.29) is 5.91 Å². The molecule has 3 nitrogen and oxygen atoms in total. The highest BCUT2D eigenvalue weighted by molar-refractivity contribution is 5.95. The van der Waals surface area contributed by atoms with Gasteiger partial charge in [0, 0.05) is 5.69 Å². The summed E-state index contributed by atoms with van der Waals surface area (Å²) in [5, 5.41) is 2.97. The molecule has 3 heteroatoms. The molecule has 0 unspecified atom stereocenters. The molecule has 0 saturated heterocycles. The molecule has 2 aromatic rings. The summed E-state index contributed by atoms with van der Waals surface area (Å²) in [4.78, 5) is 12.4. The first-order valence-electron chi connectivity index (χ1n) is 7.49.